The average Bonchev–Trinajstić information content (AvgIpc) is 3.24. The molecule has 31 heavy (non-hydrogen) atoms. The van der Waals surface area contributed by atoms with Gasteiger partial charge >= 0.3 is 0 Å². The summed E-state index contributed by atoms with van der Waals surface area (Å²) in [4.78, 5) is 28.2. The van der Waals surface area contributed by atoms with Crippen molar-refractivity contribution in [3.63, 3.8) is 0 Å². The zero-order valence-corrected chi connectivity index (χ0v) is 18.2. The molecule has 0 aliphatic carbocycles. The molecule has 1 saturated heterocycles. The number of rotatable bonds is 5. The summed E-state index contributed by atoms with van der Waals surface area (Å²) in [7, 11) is 0. The van der Waals surface area contributed by atoms with Gasteiger partial charge in [-0.05, 0) is 35.7 Å². The predicted molar refractivity (Wildman–Crippen MR) is 123 cm³/mol. The molecule has 0 radical (unpaired) electrons. The van der Waals surface area contributed by atoms with Gasteiger partial charge in [-0.15, -0.1) is 0 Å². The van der Waals surface area contributed by atoms with Gasteiger partial charge in [0.25, 0.3) is 5.91 Å². The Morgan fingerprint density at radius 1 is 0.935 bits per heavy atom. The summed E-state index contributed by atoms with van der Waals surface area (Å²) in [5.41, 5.74) is 3.75. The van der Waals surface area contributed by atoms with E-state index in [9.17, 15) is 9.59 Å². The van der Waals surface area contributed by atoms with Crippen LogP contribution in [0.2, 0.25) is 5.02 Å². The molecule has 2 unspecified atom stereocenters. The third kappa shape index (κ3) is 4.64. The Balaban J connectivity index is 1.58. The van der Waals surface area contributed by atoms with Crippen LogP contribution < -0.4 is 5.32 Å². The van der Waals surface area contributed by atoms with E-state index in [2.05, 4.69) is 11.4 Å². The van der Waals surface area contributed by atoms with Gasteiger partial charge in [0.1, 0.15) is 0 Å². The molecule has 0 aromatic heterocycles. The molecule has 1 aliphatic heterocycles. The number of carbonyl (C=O) groups excluding carboxylic acids is 2. The lowest BCUT2D eigenvalue weighted by molar-refractivity contribution is -0.125. The number of halogens is 1. The second kappa shape index (κ2) is 9.36. The maximum atomic E-state index is 13.2. The van der Waals surface area contributed by atoms with Crippen molar-refractivity contribution in [1.29, 1.82) is 0 Å². The van der Waals surface area contributed by atoms with Crippen LogP contribution in [0.25, 0.3) is 0 Å². The maximum absolute atomic E-state index is 13.2. The van der Waals surface area contributed by atoms with Crippen molar-refractivity contribution in [1.82, 2.24) is 10.2 Å². The Kier molecular flexibility index (Phi) is 6.38. The highest BCUT2D eigenvalue weighted by molar-refractivity contribution is 6.33. The topological polar surface area (TPSA) is 49.4 Å². The first kappa shape index (κ1) is 21.1. The zero-order valence-electron chi connectivity index (χ0n) is 17.4. The van der Waals surface area contributed by atoms with E-state index in [0.29, 0.717) is 30.2 Å². The number of carbonyl (C=O) groups is 2. The zero-order chi connectivity index (χ0) is 21.8. The van der Waals surface area contributed by atoms with Gasteiger partial charge < -0.3 is 10.2 Å². The third-order valence-corrected chi connectivity index (χ3v) is 6.28. The molecule has 4 nitrogen and oxygen atoms in total. The Bertz CT molecular complexity index is 1080. The largest absolute Gasteiger partial charge is 0.352 e. The Labute approximate surface area is 187 Å². The number of amides is 2. The van der Waals surface area contributed by atoms with Crippen molar-refractivity contribution in [2.24, 2.45) is 5.92 Å². The van der Waals surface area contributed by atoms with Gasteiger partial charge in [-0.25, -0.2) is 0 Å². The molecule has 1 fully saturated rings. The normalized spacial score (nSPS) is 18.1. The number of aryl methyl sites for hydroxylation is 1. The SMILES string of the molecule is Cc1ccccc1C1CN(C(=O)c2ccccc2Cl)CC1C(=O)NCc1ccccc1. The van der Waals surface area contributed by atoms with Crippen molar-refractivity contribution in [3.05, 3.63) is 106 Å². The van der Waals surface area contributed by atoms with Gasteiger partial charge in [-0.3, -0.25) is 9.59 Å². The van der Waals surface area contributed by atoms with Crippen LogP contribution in [0.3, 0.4) is 0 Å². The minimum absolute atomic E-state index is 0.0356. The van der Waals surface area contributed by atoms with E-state index < -0.39 is 0 Å². The molecule has 0 spiro atoms. The average molecular weight is 433 g/mol. The van der Waals surface area contributed by atoms with Crippen molar-refractivity contribution >= 4 is 23.4 Å². The minimum Gasteiger partial charge on any atom is -0.352 e. The fourth-order valence-electron chi connectivity index (χ4n) is 4.27. The number of nitrogens with one attached hydrogen (secondary N) is 1. The van der Waals surface area contributed by atoms with E-state index in [4.69, 9.17) is 11.6 Å². The first-order valence-electron chi connectivity index (χ1n) is 10.5. The first-order valence-corrected chi connectivity index (χ1v) is 10.8. The predicted octanol–water partition coefficient (Wildman–Crippen LogP) is 4.82. The van der Waals surface area contributed by atoms with Crippen molar-refractivity contribution in [2.75, 3.05) is 13.1 Å². The summed E-state index contributed by atoms with van der Waals surface area (Å²) in [5, 5.41) is 3.50. The fourth-order valence-corrected chi connectivity index (χ4v) is 4.49. The van der Waals surface area contributed by atoms with E-state index in [1.54, 1.807) is 29.2 Å². The van der Waals surface area contributed by atoms with Gasteiger partial charge in [0.05, 0.1) is 16.5 Å². The molecule has 1 N–H and O–H groups in total. The molecule has 5 heteroatoms. The maximum Gasteiger partial charge on any atom is 0.255 e. The van der Waals surface area contributed by atoms with Crippen LogP contribution in [0.1, 0.15) is 33.0 Å². The monoisotopic (exact) mass is 432 g/mol. The Morgan fingerprint density at radius 3 is 2.35 bits per heavy atom. The first-order chi connectivity index (χ1) is 15.0. The van der Waals surface area contributed by atoms with E-state index >= 15 is 0 Å². The number of hydrogen-bond donors (Lipinski definition) is 1. The number of benzene rings is 3. The molecule has 3 aromatic rings. The van der Waals surface area contributed by atoms with Crippen LogP contribution in [0.5, 0.6) is 0 Å². The van der Waals surface area contributed by atoms with Gasteiger partial charge in [0.2, 0.25) is 5.91 Å². The second-order valence-corrected chi connectivity index (χ2v) is 8.37. The lowest BCUT2D eigenvalue weighted by Gasteiger charge is -2.20. The highest BCUT2D eigenvalue weighted by Gasteiger charge is 2.41. The van der Waals surface area contributed by atoms with E-state index in [0.717, 1.165) is 16.7 Å². The van der Waals surface area contributed by atoms with E-state index in [1.165, 1.54) is 0 Å². The smallest absolute Gasteiger partial charge is 0.255 e. The summed E-state index contributed by atoms with van der Waals surface area (Å²) in [5.74, 6) is -0.561. The molecule has 1 heterocycles. The van der Waals surface area contributed by atoms with Gasteiger partial charge in [-0.2, -0.15) is 0 Å². The molecule has 0 bridgehead atoms. The van der Waals surface area contributed by atoms with Gasteiger partial charge in [0.15, 0.2) is 0 Å². The number of hydrogen-bond acceptors (Lipinski definition) is 2. The molecule has 0 saturated carbocycles. The summed E-state index contributed by atoms with van der Waals surface area (Å²) in [6.07, 6.45) is 0. The molecule has 2 amide bonds. The van der Waals surface area contributed by atoms with Crippen LogP contribution in [0.15, 0.2) is 78.9 Å². The minimum atomic E-state index is -0.323. The highest BCUT2D eigenvalue weighted by atomic mass is 35.5. The quantitative estimate of drug-likeness (QED) is 0.628. The second-order valence-electron chi connectivity index (χ2n) is 7.96. The van der Waals surface area contributed by atoms with Crippen molar-refractivity contribution in [3.8, 4) is 0 Å². The molecule has 2 atom stereocenters. The van der Waals surface area contributed by atoms with Crippen LogP contribution in [-0.2, 0) is 11.3 Å². The van der Waals surface area contributed by atoms with Crippen LogP contribution >= 0.6 is 11.6 Å². The molecule has 3 aromatic carbocycles. The van der Waals surface area contributed by atoms with Crippen LogP contribution in [-0.4, -0.2) is 29.8 Å². The standard InChI is InChI=1S/C26H25ClN2O2/c1-18-9-5-6-12-20(18)22-16-29(26(31)21-13-7-8-14-24(21)27)17-23(22)25(30)28-15-19-10-3-2-4-11-19/h2-14,22-23H,15-17H2,1H3,(H,28,30). The Morgan fingerprint density at radius 2 is 1.61 bits per heavy atom. The highest BCUT2D eigenvalue weighted by Crippen LogP contribution is 2.36. The Hall–Kier alpha value is -3.11. The fraction of sp³-hybridized carbons (Fsp3) is 0.231. The lowest BCUT2D eigenvalue weighted by atomic mass is 9.86. The third-order valence-electron chi connectivity index (χ3n) is 5.95. The summed E-state index contributed by atoms with van der Waals surface area (Å²) in [6.45, 7) is 3.37. The molecular weight excluding hydrogens is 408 g/mol. The molecule has 158 valence electrons. The van der Waals surface area contributed by atoms with E-state index in [1.807, 2.05) is 55.5 Å². The summed E-state index contributed by atoms with van der Waals surface area (Å²) < 4.78 is 0. The summed E-state index contributed by atoms with van der Waals surface area (Å²) in [6, 6.07) is 25.0. The molecular formula is C26H25ClN2O2. The number of likely N-dealkylation sites (tertiary alicyclic amines) is 1. The molecule has 4 rings (SSSR count). The van der Waals surface area contributed by atoms with Crippen LogP contribution in [0, 0.1) is 12.8 Å². The lowest BCUT2D eigenvalue weighted by Crippen LogP contribution is -2.35. The van der Waals surface area contributed by atoms with E-state index in [-0.39, 0.29) is 23.7 Å². The van der Waals surface area contributed by atoms with Gasteiger partial charge in [-0.1, -0.05) is 78.3 Å². The van der Waals surface area contributed by atoms with Crippen LogP contribution in [0.4, 0.5) is 0 Å². The number of nitrogens with zero attached hydrogens (tertiary/aromatic N) is 1. The van der Waals surface area contributed by atoms with Crippen molar-refractivity contribution < 1.29 is 9.59 Å². The molecule has 1 aliphatic rings. The summed E-state index contributed by atoms with van der Waals surface area (Å²) >= 11 is 6.27. The van der Waals surface area contributed by atoms with Gasteiger partial charge in [0, 0.05) is 25.6 Å². The van der Waals surface area contributed by atoms with Crippen molar-refractivity contribution in [2.45, 2.75) is 19.4 Å².